The molecule has 0 unspecified atom stereocenters. The number of nitrogens with zero attached hydrogens (tertiary/aromatic N) is 2. The van der Waals surface area contributed by atoms with Gasteiger partial charge in [-0.15, -0.1) is 12.4 Å². The smallest absolute Gasteiger partial charge is 0.357 e. The van der Waals surface area contributed by atoms with Crippen LogP contribution >= 0.6 is 12.4 Å². The summed E-state index contributed by atoms with van der Waals surface area (Å²) in [7, 11) is 0. The number of hydrogen-bond donors (Lipinski definition) is 1. The normalized spacial score (nSPS) is 9.55. The van der Waals surface area contributed by atoms with Gasteiger partial charge < -0.3 is 15.2 Å². The summed E-state index contributed by atoms with van der Waals surface area (Å²) in [5.41, 5.74) is 5.32. The van der Waals surface area contributed by atoms with E-state index in [1.165, 1.54) is 6.20 Å². The number of ether oxygens (including phenoxy) is 2. The zero-order valence-corrected chi connectivity index (χ0v) is 12.2. The predicted octanol–water partition coefficient (Wildman–Crippen LogP) is 0.753. The summed E-state index contributed by atoms with van der Waals surface area (Å²) in [6, 6.07) is 0. The molecular weight excluding hydrogens is 286 g/mol. The maximum absolute atomic E-state index is 11.8. The van der Waals surface area contributed by atoms with Crippen LogP contribution in [0.4, 0.5) is 0 Å². The minimum atomic E-state index is -0.675. The van der Waals surface area contributed by atoms with E-state index in [-0.39, 0.29) is 36.9 Å². The summed E-state index contributed by atoms with van der Waals surface area (Å²) in [5, 5.41) is 0. The topological polar surface area (TPSA) is 104 Å². The highest BCUT2D eigenvalue weighted by Gasteiger charge is 2.22. The monoisotopic (exact) mass is 303 g/mol. The highest BCUT2D eigenvalue weighted by Crippen LogP contribution is 2.10. The minimum absolute atomic E-state index is 0. The number of halogens is 1. The van der Waals surface area contributed by atoms with E-state index in [9.17, 15) is 9.59 Å². The molecule has 20 heavy (non-hydrogen) atoms. The first kappa shape index (κ1) is 18.3. The molecule has 1 rings (SSSR count). The lowest BCUT2D eigenvalue weighted by Gasteiger charge is -2.08. The van der Waals surface area contributed by atoms with E-state index in [2.05, 4.69) is 9.97 Å². The SMILES string of the molecule is CCOC(=O)c1cnc(CCN)nc1C(=O)OCC.Cl. The fourth-order valence-electron chi connectivity index (χ4n) is 1.38. The second kappa shape index (κ2) is 9.22. The molecule has 0 aliphatic heterocycles. The molecular formula is C12H18ClN3O4. The summed E-state index contributed by atoms with van der Waals surface area (Å²) in [5.74, 6) is -0.935. The molecule has 0 atom stereocenters. The Morgan fingerprint density at radius 3 is 2.35 bits per heavy atom. The van der Waals surface area contributed by atoms with Gasteiger partial charge in [0.05, 0.1) is 13.2 Å². The highest BCUT2D eigenvalue weighted by atomic mass is 35.5. The standard InChI is InChI=1S/C12H17N3O4.ClH/c1-3-18-11(16)8-7-14-9(5-6-13)15-10(8)12(17)19-4-2;/h7H,3-6,13H2,1-2H3;1H. The Balaban J connectivity index is 0.00000361. The van der Waals surface area contributed by atoms with Crippen LogP contribution in [0.2, 0.25) is 0 Å². The van der Waals surface area contributed by atoms with Gasteiger partial charge in [0, 0.05) is 12.6 Å². The molecule has 0 amide bonds. The number of rotatable bonds is 6. The van der Waals surface area contributed by atoms with Crippen molar-refractivity contribution >= 4 is 24.3 Å². The van der Waals surface area contributed by atoms with Crippen molar-refractivity contribution in [1.29, 1.82) is 0 Å². The molecule has 0 fully saturated rings. The molecule has 2 N–H and O–H groups in total. The van der Waals surface area contributed by atoms with E-state index in [4.69, 9.17) is 15.2 Å². The number of carbonyl (C=O) groups is 2. The Morgan fingerprint density at radius 2 is 1.80 bits per heavy atom. The van der Waals surface area contributed by atoms with Gasteiger partial charge in [0.1, 0.15) is 11.4 Å². The van der Waals surface area contributed by atoms with Crippen molar-refractivity contribution in [2.24, 2.45) is 5.73 Å². The summed E-state index contributed by atoms with van der Waals surface area (Å²) in [6.45, 7) is 4.08. The second-order valence-corrected chi connectivity index (χ2v) is 3.53. The second-order valence-electron chi connectivity index (χ2n) is 3.53. The summed E-state index contributed by atoms with van der Waals surface area (Å²) >= 11 is 0. The van der Waals surface area contributed by atoms with Crippen LogP contribution in [0.25, 0.3) is 0 Å². The van der Waals surface area contributed by atoms with Gasteiger partial charge in [0.2, 0.25) is 0 Å². The number of hydrogen-bond acceptors (Lipinski definition) is 7. The maximum atomic E-state index is 11.8. The third-order valence-electron chi connectivity index (χ3n) is 2.17. The largest absolute Gasteiger partial charge is 0.462 e. The zero-order valence-electron chi connectivity index (χ0n) is 11.4. The Morgan fingerprint density at radius 1 is 1.20 bits per heavy atom. The van der Waals surface area contributed by atoms with E-state index in [0.717, 1.165) is 0 Å². The van der Waals surface area contributed by atoms with Crippen molar-refractivity contribution in [1.82, 2.24) is 9.97 Å². The molecule has 0 saturated carbocycles. The van der Waals surface area contributed by atoms with Crippen LogP contribution in [0.15, 0.2) is 6.20 Å². The fraction of sp³-hybridized carbons (Fsp3) is 0.500. The predicted molar refractivity (Wildman–Crippen MR) is 74.0 cm³/mol. The zero-order chi connectivity index (χ0) is 14.3. The molecule has 0 aliphatic carbocycles. The first-order valence-electron chi connectivity index (χ1n) is 6.04. The van der Waals surface area contributed by atoms with Crippen LogP contribution in [0.1, 0.15) is 40.5 Å². The molecule has 7 nitrogen and oxygen atoms in total. The number of carbonyl (C=O) groups excluding carboxylic acids is 2. The lowest BCUT2D eigenvalue weighted by molar-refractivity contribution is 0.0472. The fourth-order valence-corrected chi connectivity index (χ4v) is 1.38. The van der Waals surface area contributed by atoms with Gasteiger partial charge in [-0.2, -0.15) is 0 Å². The average molecular weight is 304 g/mol. The molecule has 1 aromatic rings. The molecule has 0 bridgehead atoms. The summed E-state index contributed by atoms with van der Waals surface area (Å²) in [4.78, 5) is 31.5. The van der Waals surface area contributed by atoms with Gasteiger partial charge in [0.25, 0.3) is 0 Å². The van der Waals surface area contributed by atoms with Crippen molar-refractivity contribution < 1.29 is 19.1 Å². The van der Waals surface area contributed by atoms with Crippen molar-refractivity contribution in [3.63, 3.8) is 0 Å². The van der Waals surface area contributed by atoms with Crippen molar-refractivity contribution in [2.75, 3.05) is 19.8 Å². The Hall–Kier alpha value is -1.73. The van der Waals surface area contributed by atoms with Gasteiger partial charge in [-0.1, -0.05) is 0 Å². The van der Waals surface area contributed by atoms with Crippen LogP contribution in [-0.2, 0) is 15.9 Å². The number of nitrogens with two attached hydrogens (primary N) is 1. The molecule has 0 radical (unpaired) electrons. The first-order valence-corrected chi connectivity index (χ1v) is 6.04. The molecule has 112 valence electrons. The van der Waals surface area contributed by atoms with Gasteiger partial charge in [-0.3, -0.25) is 0 Å². The van der Waals surface area contributed by atoms with Crippen LogP contribution in [0.3, 0.4) is 0 Å². The first-order chi connectivity index (χ1) is 9.13. The van der Waals surface area contributed by atoms with Gasteiger partial charge in [0.15, 0.2) is 5.69 Å². The molecule has 1 aromatic heterocycles. The maximum Gasteiger partial charge on any atom is 0.357 e. The van der Waals surface area contributed by atoms with Crippen molar-refractivity contribution in [3.8, 4) is 0 Å². The van der Waals surface area contributed by atoms with E-state index < -0.39 is 11.9 Å². The third kappa shape index (κ3) is 4.75. The molecule has 1 heterocycles. The molecule has 0 spiro atoms. The number of esters is 2. The van der Waals surface area contributed by atoms with Gasteiger partial charge >= 0.3 is 11.9 Å². The van der Waals surface area contributed by atoms with Gasteiger partial charge in [-0.25, -0.2) is 19.6 Å². The molecule has 8 heteroatoms. The van der Waals surface area contributed by atoms with Gasteiger partial charge in [-0.05, 0) is 20.4 Å². The quantitative estimate of drug-likeness (QED) is 0.773. The Labute approximate surface area is 123 Å². The molecule has 0 aromatic carbocycles. The van der Waals surface area contributed by atoms with E-state index >= 15 is 0 Å². The Bertz CT molecular complexity index is 468. The highest BCUT2D eigenvalue weighted by molar-refractivity contribution is 6.01. The minimum Gasteiger partial charge on any atom is -0.462 e. The molecule has 0 saturated heterocycles. The van der Waals surface area contributed by atoms with Crippen molar-refractivity contribution in [2.45, 2.75) is 20.3 Å². The van der Waals surface area contributed by atoms with Crippen LogP contribution in [0.5, 0.6) is 0 Å². The van der Waals surface area contributed by atoms with E-state index in [1.807, 2.05) is 0 Å². The molecule has 0 aliphatic rings. The summed E-state index contributed by atoms with van der Waals surface area (Å²) in [6.07, 6.45) is 1.68. The van der Waals surface area contributed by atoms with Crippen molar-refractivity contribution in [3.05, 3.63) is 23.3 Å². The van der Waals surface area contributed by atoms with Crippen LogP contribution in [0, 0.1) is 0 Å². The summed E-state index contributed by atoms with van der Waals surface area (Å²) < 4.78 is 9.71. The van der Waals surface area contributed by atoms with E-state index in [0.29, 0.717) is 18.8 Å². The lowest BCUT2D eigenvalue weighted by atomic mass is 10.2. The van der Waals surface area contributed by atoms with E-state index in [1.54, 1.807) is 13.8 Å². The van der Waals surface area contributed by atoms with Crippen LogP contribution < -0.4 is 5.73 Å². The number of aromatic nitrogens is 2. The Kier molecular flexibility index (Phi) is 8.42. The van der Waals surface area contributed by atoms with Crippen LogP contribution in [-0.4, -0.2) is 41.7 Å². The average Bonchev–Trinajstić information content (AvgIpc) is 2.39. The third-order valence-corrected chi connectivity index (χ3v) is 2.17. The lowest BCUT2D eigenvalue weighted by Crippen LogP contribution is -2.19.